The van der Waals surface area contributed by atoms with Crippen LogP contribution < -0.4 is 21.8 Å². The fourth-order valence-electron chi connectivity index (χ4n) is 1.88. The number of urea groups is 1. The lowest BCUT2D eigenvalue weighted by Gasteiger charge is -2.09. The summed E-state index contributed by atoms with van der Waals surface area (Å²) in [5.41, 5.74) is 1.66. The maximum Gasteiger partial charge on any atom is 0.333 e. The molecule has 0 bridgehead atoms. The highest BCUT2D eigenvalue weighted by Gasteiger charge is 2.07. The van der Waals surface area contributed by atoms with E-state index in [4.69, 9.17) is 10.6 Å². The van der Waals surface area contributed by atoms with Crippen molar-refractivity contribution >= 4 is 29.6 Å². The van der Waals surface area contributed by atoms with Crippen molar-refractivity contribution in [2.75, 3.05) is 18.5 Å². The number of benzene rings is 1. The van der Waals surface area contributed by atoms with Gasteiger partial charge in [-0.1, -0.05) is 18.7 Å². The molecule has 0 aromatic heterocycles. The molecule has 5 N–H and O–H groups in total. The van der Waals surface area contributed by atoms with E-state index in [9.17, 15) is 19.2 Å². The molecule has 0 atom stereocenters. The molecule has 28 heavy (non-hydrogen) atoms. The molecule has 1 aromatic rings. The Bertz CT molecular complexity index is 717. The van der Waals surface area contributed by atoms with Crippen molar-refractivity contribution in [3.05, 3.63) is 42.0 Å². The Balaban J connectivity index is 2.29. The van der Waals surface area contributed by atoms with Crippen LogP contribution in [-0.2, 0) is 30.5 Å². The fourth-order valence-corrected chi connectivity index (χ4v) is 1.88. The number of ether oxygens (including phenoxy) is 1. The molecule has 0 spiro atoms. The molecule has 10 nitrogen and oxygen atoms in total. The minimum absolute atomic E-state index is 0.0163. The number of hydrogen-bond donors (Lipinski definition) is 4. The van der Waals surface area contributed by atoms with Crippen LogP contribution in [0.25, 0.3) is 0 Å². The predicted octanol–water partition coefficient (Wildman–Crippen LogP) is 0.741. The maximum absolute atomic E-state index is 11.8. The molecule has 0 radical (unpaired) electrons. The Labute approximate surface area is 162 Å². The van der Waals surface area contributed by atoms with Crippen LogP contribution in [-0.4, -0.2) is 37.0 Å². The van der Waals surface area contributed by atoms with E-state index in [1.807, 2.05) is 0 Å². The van der Waals surface area contributed by atoms with Gasteiger partial charge in [-0.2, -0.15) is 5.90 Å². The van der Waals surface area contributed by atoms with Gasteiger partial charge >= 0.3 is 18.0 Å². The summed E-state index contributed by atoms with van der Waals surface area (Å²) >= 11 is 0. The van der Waals surface area contributed by atoms with Crippen molar-refractivity contribution in [3.63, 3.8) is 0 Å². The van der Waals surface area contributed by atoms with E-state index in [1.54, 1.807) is 24.3 Å². The summed E-state index contributed by atoms with van der Waals surface area (Å²) in [7, 11) is 0. The molecule has 3 amide bonds. The average molecular weight is 392 g/mol. The van der Waals surface area contributed by atoms with E-state index in [0.717, 1.165) is 5.56 Å². The van der Waals surface area contributed by atoms with Crippen molar-refractivity contribution in [1.82, 2.24) is 10.6 Å². The number of carbonyl (C=O) groups excluding carboxylic acids is 4. The lowest BCUT2D eigenvalue weighted by Crippen LogP contribution is -2.32. The van der Waals surface area contributed by atoms with Gasteiger partial charge in [0.2, 0.25) is 5.91 Å². The largest absolute Gasteiger partial charge is 0.460 e. The molecule has 0 aliphatic heterocycles. The van der Waals surface area contributed by atoms with Crippen molar-refractivity contribution in [2.45, 2.75) is 26.3 Å². The first kappa shape index (κ1) is 22.6. The molecule has 0 unspecified atom stereocenters. The van der Waals surface area contributed by atoms with Crippen molar-refractivity contribution in [3.8, 4) is 0 Å². The second kappa shape index (κ2) is 12.1. The van der Waals surface area contributed by atoms with E-state index < -0.39 is 18.0 Å². The number of nitrogens with one attached hydrogen (secondary N) is 3. The topological polar surface area (TPSA) is 149 Å². The number of carbonyl (C=O) groups is 4. The van der Waals surface area contributed by atoms with E-state index in [2.05, 4.69) is 27.4 Å². The zero-order valence-corrected chi connectivity index (χ0v) is 15.6. The fraction of sp³-hybridized carbons (Fsp3) is 0.333. The highest BCUT2D eigenvalue weighted by atomic mass is 16.7. The summed E-state index contributed by atoms with van der Waals surface area (Å²) in [6.45, 7) is 5.47. The number of hydrogen-bond acceptors (Lipinski definition) is 7. The summed E-state index contributed by atoms with van der Waals surface area (Å²) in [4.78, 5) is 49.4. The Morgan fingerprint density at radius 1 is 1.07 bits per heavy atom. The standard InChI is InChI=1S/C18H24N4O6/c1-12(2)17(25)27-10-9-20-18(26)22-14-5-3-13(4-6-14)11-21-15(23)7-8-16(24)28-19/h3-6H,1,7-11,19H2,2H3,(H,21,23)(H2,20,22,26). The van der Waals surface area contributed by atoms with Gasteiger partial charge in [0.05, 0.1) is 13.0 Å². The lowest BCUT2D eigenvalue weighted by molar-refractivity contribution is -0.145. The normalized spacial score (nSPS) is 9.79. The van der Waals surface area contributed by atoms with E-state index in [1.165, 1.54) is 6.92 Å². The van der Waals surface area contributed by atoms with Crippen molar-refractivity contribution < 1.29 is 28.8 Å². The Morgan fingerprint density at radius 3 is 2.36 bits per heavy atom. The molecule has 0 aliphatic carbocycles. The molecular weight excluding hydrogens is 368 g/mol. The number of nitrogens with two attached hydrogens (primary N) is 1. The Kier molecular flexibility index (Phi) is 9.76. The summed E-state index contributed by atoms with van der Waals surface area (Å²) in [6.07, 6.45) is -0.107. The van der Waals surface area contributed by atoms with Gasteiger partial charge in [-0.15, -0.1) is 0 Å². The first-order valence-corrected chi connectivity index (χ1v) is 8.44. The molecule has 10 heteroatoms. The number of rotatable bonds is 10. The second-order valence-electron chi connectivity index (χ2n) is 5.76. The van der Waals surface area contributed by atoms with Gasteiger partial charge in [-0.05, 0) is 24.6 Å². The number of esters is 1. The molecule has 0 heterocycles. The van der Waals surface area contributed by atoms with E-state index in [0.29, 0.717) is 11.3 Å². The Morgan fingerprint density at radius 2 is 1.75 bits per heavy atom. The molecule has 152 valence electrons. The van der Waals surface area contributed by atoms with Gasteiger partial charge in [-0.3, -0.25) is 9.59 Å². The molecular formula is C18H24N4O6. The highest BCUT2D eigenvalue weighted by molar-refractivity contribution is 5.89. The molecule has 0 fully saturated rings. The molecule has 0 saturated carbocycles. The third-order valence-corrected chi connectivity index (χ3v) is 3.36. The first-order valence-electron chi connectivity index (χ1n) is 8.44. The van der Waals surface area contributed by atoms with Crippen LogP contribution in [0.3, 0.4) is 0 Å². The first-order chi connectivity index (χ1) is 13.3. The van der Waals surface area contributed by atoms with Gasteiger partial charge in [0.25, 0.3) is 0 Å². The van der Waals surface area contributed by atoms with Crippen LogP contribution in [0.1, 0.15) is 25.3 Å². The van der Waals surface area contributed by atoms with Crippen LogP contribution in [0, 0.1) is 0 Å². The van der Waals surface area contributed by atoms with E-state index in [-0.39, 0.29) is 38.4 Å². The van der Waals surface area contributed by atoms with Crippen LogP contribution in [0.4, 0.5) is 10.5 Å². The maximum atomic E-state index is 11.8. The van der Waals surface area contributed by atoms with Crippen molar-refractivity contribution in [2.24, 2.45) is 5.90 Å². The van der Waals surface area contributed by atoms with Crippen LogP contribution in [0.5, 0.6) is 0 Å². The SMILES string of the molecule is C=C(C)C(=O)OCCNC(=O)Nc1ccc(CNC(=O)CCC(=O)ON)cc1. The third kappa shape index (κ3) is 9.34. The number of amides is 3. The molecule has 1 rings (SSSR count). The number of anilines is 1. The van der Waals surface area contributed by atoms with Gasteiger partial charge < -0.3 is 25.5 Å². The van der Waals surface area contributed by atoms with Gasteiger partial charge in [-0.25, -0.2) is 9.59 Å². The minimum atomic E-state index is -0.655. The monoisotopic (exact) mass is 392 g/mol. The summed E-state index contributed by atoms with van der Waals surface area (Å²) in [5, 5.41) is 7.83. The van der Waals surface area contributed by atoms with Crippen LogP contribution >= 0.6 is 0 Å². The second-order valence-corrected chi connectivity index (χ2v) is 5.76. The Hall–Kier alpha value is -3.40. The van der Waals surface area contributed by atoms with Crippen molar-refractivity contribution in [1.29, 1.82) is 0 Å². The molecule has 0 saturated heterocycles. The average Bonchev–Trinajstić information content (AvgIpc) is 2.68. The predicted molar refractivity (Wildman–Crippen MR) is 101 cm³/mol. The molecule has 0 aliphatic rings. The van der Waals surface area contributed by atoms with Gasteiger partial charge in [0.15, 0.2) is 0 Å². The van der Waals surface area contributed by atoms with Gasteiger partial charge in [0, 0.05) is 24.2 Å². The molecule has 1 aromatic carbocycles. The zero-order valence-electron chi connectivity index (χ0n) is 15.6. The highest BCUT2D eigenvalue weighted by Crippen LogP contribution is 2.09. The third-order valence-electron chi connectivity index (χ3n) is 3.36. The lowest BCUT2D eigenvalue weighted by atomic mass is 10.2. The van der Waals surface area contributed by atoms with E-state index >= 15 is 0 Å². The smallest absolute Gasteiger partial charge is 0.333 e. The summed E-state index contributed by atoms with van der Waals surface area (Å²) in [5.74, 6) is 3.22. The summed E-state index contributed by atoms with van der Waals surface area (Å²) < 4.78 is 4.86. The quantitative estimate of drug-likeness (QED) is 0.199. The minimum Gasteiger partial charge on any atom is -0.460 e. The van der Waals surface area contributed by atoms with Gasteiger partial charge in [0.1, 0.15) is 6.61 Å². The van der Waals surface area contributed by atoms with Crippen LogP contribution in [0.2, 0.25) is 0 Å². The summed E-state index contributed by atoms with van der Waals surface area (Å²) in [6, 6.07) is 6.37. The zero-order chi connectivity index (χ0) is 20.9. The van der Waals surface area contributed by atoms with Crippen LogP contribution in [0.15, 0.2) is 36.4 Å².